The predicted molar refractivity (Wildman–Crippen MR) is 71.8 cm³/mol. The Morgan fingerprint density at radius 1 is 1.41 bits per heavy atom. The number of nitrogens with zero attached hydrogens (tertiary/aromatic N) is 1. The molecule has 2 rings (SSSR count). The summed E-state index contributed by atoms with van der Waals surface area (Å²) in [5.74, 6) is 0.0381. The van der Waals surface area contributed by atoms with E-state index in [0.717, 1.165) is 14.9 Å². The van der Waals surface area contributed by atoms with Gasteiger partial charge in [-0.2, -0.15) is 0 Å². The quantitative estimate of drug-likeness (QED) is 0.943. The number of thiophene rings is 1. The summed E-state index contributed by atoms with van der Waals surface area (Å²) in [6.07, 6.45) is 3.87. The fourth-order valence-electron chi connectivity index (χ4n) is 1.37. The van der Waals surface area contributed by atoms with Crippen LogP contribution in [0.4, 0.5) is 0 Å². The molecule has 0 spiro atoms. The van der Waals surface area contributed by atoms with Gasteiger partial charge in [-0.3, -0.25) is 9.78 Å². The molecule has 0 aliphatic heterocycles. The van der Waals surface area contributed by atoms with Crippen molar-refractivity contribution in [2.75, 3.05) is 0 Å². The number of carbonyl (C=O) groups excluding carboxylic acids is 1. The highest BCUT2D eigenvalue weighted by Crippen LogP contribution is 2.19. The molecule has 2 heterocycles. The third-order valence-corrected chi connectivity index (χ3v) is 3.89. The molecule has 0 aliphatic carbocycles. The van der Waals surface area contributed by atoms with Gasteiger partial charge in [-0.05, 0) is 39.7 Å². The summed E-state index contributed by atoms with van der Waals surface area (Å²) in [5, 5.41) is 4.86. The second kappa shape index (κ2) is 5.93. The zero-order chi connectivity index (χ0) is 12.1. The van der Waals surface area contributed by atoms with Crippen LogP contribution in [-0.2, 0) is 17.8 Å². The summed E-state index contributed by atoms with van der Waals surface area (Å²) in [7, 11) is 0. The monoisotopic (exact) mass is 310 g/mol. The van der Waals surface area contributed by atoms with E-state index in [-0.39, 0.29) is 5.91 Å². The molecule has 0 unspecified atom stereocenters. The Balaban J connectivity index is 1.82. The molecule has 5 heteroatoms. The molecule has 17 heavy (non-hydrogen) atoms. The number of amides is 1. The van der Waals surface area contributed by atoms with Crippen LogP contribution in [0.15, 0.2) is 40.4 Å². The van der Waals surface area contributed by atoms with Crippen molar-refractivity contribution < 1.29 is 4.79 Å². The van der Waals surface area contributed by atoms with Gasteiger partial charge in [-0.1, -0.05) is 0 Å². The third-order valence-electron chi connectivity index (χ3n) is 2.20. The van der Waals surface area contributed by atoms with Crippen LogP contribution in [0.2, 0.25) is 0 Å². The van der Waals surface area contributed by atoms with E-state index < -0.39 is 0 Å². The van der Waals surface area contributed by atoms with Crippen LogP contribution in [-0.4, -0.2) is 10.9 Å². The molecule has 1 N–H and O–H groups in total. The first kappa shape index (κ1) is 12.3. The molecule has 0 fully saturated rings. The lowest BCUT2D eigenvalue weighted by Crippen LogP contribution is -2.24. The predicted octanol–water partition coefficient (Wildman–Crippen LogP) is 2.76. The maximum absolute atomic E-state index is 11.7. The van der Waals surface area contributed by atoms with Gasteiger partial charge in [0.1, 0.15) is 0 Å². The van der Waals surface area contributed by atoms with Crippen molar-refractivity contribution in [1.82, 2.24) is 10.3 Å². The minimum Gasteiger partial charge on any atom is -0.352 e. The van der Waals surface area contributed by atoms with Gasteiger partial charge in [0.25, 0.3) is 0 Å². The Labute approximate surface area is 112 Å². The van der Waals surface area contributed by atoms with Gasteiger partial charge in [0.15, 0.2) is 0 Å². The van der Waals surface area contributed by atoms with E-state index in [4.69, 9.17) is 0 Å². The zero-order valence-corrected chi connectivity index (χ0v) is 11.4. The molecule has 1 amide bonds. The highest BCUT2D eigenvalue weighted by molar-refractivity contribution is 9.10. The average molecular weight is 311 g/mol. The number of aromatic nitrogens is 1. The molecule has 0 aliphatic rings. The first-order valence-electron chi connectivity index (χ1n) is 5.12. The Bertz CT molecular complexity index is 498. The third kappa shape index (κ3) is 3.94. The maximum atomic E-state index is 11.7. The zero-order valence-electron chi connectivity index (χ0n) is 9.02. The van der Waals surface area contributed by atoms with E-state index >= 15 is 0 Å². The molecular weight excluding hydrogens is 300 g/mol. The van der Waals surface area contributed by atoms with E-state index in [1.807, 2.05) is 23.6 Å². The number of hydrogen-bond acceptors (Lipinski definition) is 3. The summed E-state index contributed by atoms with van der Waals surface area (Å²) in [6.45, 7) is 0.550. The number of pyridine rings is 1. The van der Waals surface area contributed by atoms with Crippen LogP contribution < -0.4 is 5.32 Å². The van der Waals surface area contributed by atoms with Crippen LogP contribution >= 0.6 is 27.3 Å². The van der Waals surface area contributed by atoms with Gasteiger partial charge in [0.2, 0.25) is 5.91 Å². The number of rotatable bonds is 4. The number of halogens is 1. The molecule has 0 saturated heterocycles. The molecule has 3 nitrogen and oxygen atoms in total. The van der Waals surface area contributed by atoms with Crippen LogP contribution in [0.5, 0.6) is 0 Å². The van der Waals surface area contributed by atoms with Gasteiger partial charge < -0.3 is 5.32 Å². The summed E-state index contributed by atoms with van der Waals surface area (Å²) < 4.78 is 1.03. The summed E-state index contributed by atoms with van der Waals surface area (Å²) >= 11 is 4.95. The fraction of sp³-hybridized carbons (Fsp3) is 0.167. The molecule has 0 bridgehead atoms. The van der Waals surface area contributed by atoms with Gasteiger partial charge in [0, 0.05) is 33.7 Å². The molecule has 2 aromatic heterocycles. The molecule has 2 aromatic rings. The molecule has 88 valence electrons. The smallest absolute Gasteiger partial charge is 0.225 e. The van der Waals surface area contributed by atoms with Crippen LogP contribution in [0, 0.1) is 0 Å². The molecule has 0 aromatic carbocycles. The van der Waals surface area contributed by atoms with E-state index in [0.29, 0.717) is 13.0 Å². The molecule has 0 atom stereocenters. The van der Waals surface area contributed by atoms with Crippen LogP contribution in [0.1, 0.15) is 10.4 Å². The Morgan fingerprint density at radius 2 is 2.18 bits per heavy atom. The molecule has 0 saturated carbocycles. The van der Waals surface area contributed by atoms with Gasteiger partial charge >= 0.3 is 0 Å². The minimum atomic E-state index is 0.0381. The summed E-state index contributed by atoms with van der Waals surface area (Å²) in [4.78, 5) is 16.6. The lowest BCUT2D eigenvalue weighted by Gasteiger charge is -2.03. The minimum absolute atomic E-state index is 0.0381. The summed E-state index contributed by atoms with van der Waals surface area (Å²) in [5.41, 5.74) is 1.06. The first-order chi connectivity index (χ1) is 8.24. The SMILES string of the molecule is O=C(Cc1cc(Br)cs1)NCc1ccncc1. The number of hydrogen-bond donors (Lipinski definition) is 1. The lowest BCUT2D eigenvalue weighted by molar-refractivity contribution is -0.120. The van der Waals surface area contributed by atoms with Crippen molar-refractivity contribution in [2.45, 2.75) is 13.0 Å². The van der Waals surface area contributed by atoms with Crippen molar-refractivity contribution in [3.8, 4) is 0 Å². The Hall–Kier alpha value is -1.20. The van der Waals surface area contributed by atoms with Crippen LogP contribution in [0.3, 0.4) is 0 Å². The highest BCUT2D eigenvalue weighted by atomic mass is 79.9. The highest BCUT2D eigenvalue weighted by Gasteiger charge is 2.05. The largest absolute Gasteiger partial charge is 0.352 e. The lowest BCUT2D eigenvalue weighted by atomic mass is 10.2. The topological polar surface area (TPSA) is 42.0 Å². The van der Waals surface area contributed by atoms with Crippen molar-refractivity contribution in [3.05, 3.63) is 50.9 Å². The molecule has 0 radical (unpaired) electrons. The maximum Gasteiger partial charge on any atom is 0.225 e. The Morgan fingerprint density at radius 3 is 2.82 bits per heavy atom. The van der Waals surface area contributed by atoms with E-state index in [1.165, 1.54) is 0 Å². The fourth-order valence-corrected chi connectivity index (χ4v) is 2.82. The second-order valence-electron chi connectivity index (χ2n) is 3.54. The summed E-state index contributed by atoms with van der Waals surface area (Å²) in [6, 6.07) is 5.75. The number of nitrogens with one attached hydrogen (secondary N) is 1. The van der Waals surface area contributed by atoms with Crippen molar-refractivity contribution in [1.29, 1.82) is 0 Å². The Kier molecular flexibility index (Phi) is 4.28. The van der Waals surface area contributed by atoms with Crippen molar-refractivity contribution in [3.63, 3.8) is 0 Å². The van der Waals surface area contributed by atoms with E-state index in [9.17, 15) is 4.79 Å². The van der Waals surface area contributed by atoms with Crippen molar-refractivity contribution in [2.24, 2.45) is 0 Å². The van der Waals surface area contributed by atoms with E-state index in [2.05, 4.69) is 26.2 Å². The van der Waals surface area contributed by atoms with E-state index in [1.54, 1.807) is 23.7 Å². The molecular formula is C12H11BrN2OS. The van der Waals surface area contributed by atoms with Gasteiger partial charge in [-0.15, -0.1) is 11.3 Å². The number of carbonyl (C=O) groups is 1. The van der Waals surface area contributed by atoms with Crippen molar-refractivity contribution >= 4 is 33.2 Å². The second-order valence-corrected chi connectivity index (χ2v) is 5.45. The van der Waals surface area contributed by atoms with Gasteiger partial charge in [-0.25, -0.2) is 0 Å². The first-order valence-corrected chi connectivity index (χ1v) is 6.80. The standard InChI is InChI=1S/C12H11BrN2OS/c13-10-5-11(17-8-10)6-12(16)15-7-9-1-3-14-4-2-9/h1-5,8H,6-7H2,(H,15,16). The van der Waals surface area contributed by atoms with Gasteiger partial charge in [0.05, 0.1) is 6.42 Å². The average Bonchev–Trinajstić information content (AvgIpc) is 2.73. The normalized spacial score (nSPS) is 10.2. The van der Waals surface area contributed by atoms with Crippen LogP contribution in [0.25, 0.3) is 0 Å².